The highest BCUT2D eigenvalue weighted by molar-refractivity contribution is 5.83. The molecular formula is C21H13N5O. The zero-order chi connectivity index (χ0) is 18.8. The minimum Gasteiger partial charge on any atom is -0.496 e. The summed E-state index contributed by atoms with van der Waals surface area (Å²) in [5, 5.41) is 9.07. The molecular weight excluding hydrogens is 338 g/mol. The van der Waals surface area contributed by atoms with Crippen LogP contribution in [0.15, 0.2) is 54.7 Å². The molecule has 6 nitrogen and oxygen atoms in total. The molecule has 0 aliphatic rings. The van der Waals surface area contributed by atoms with Crippen LogP contribution in [0.5, 0.6) is 5.75 Å². The lowest BCUT2D eigenvalue weighted by atomic mass is 10.1. The summed E-state index contributed by atoms with van der Waals surface area (Å²) in [6.45, 7) is 7.04. The Hall–Kier alpha value is -4.16. The topological polar surface area (TPSA) is 79.0 Å². The van der Waals surface area contributed by atoms with Crippen molar-refractivity contribution in [1.82, 2.24) is 15.0 Å². The summed E-state index contributed by atoms with van der Waals surface area (Å²) >= 11 is 0. The molecule has 0 unspecified atom stereocenters. The summed E-state index contributed by atoms with van der Waals surface area (Å²) < 4.78 is 5.50. The van der Waals surface area contributed by atoms with Gasteiger partial charge in [0.25, 0.3) is 0 Å². The Labute approximate surface area is 155 Å². The zero-order valence-corrected chi connectivity index (χ0v) is 14.4. The van der Waals surface area contributed by atoms with Crippen LogP contribution in [0.25, 0.3) is 38.5 Å². The Bertz CT molecular complexity index is 1230. The van der Waals surface area contributed by atoms with Crippen molar-refractivity contribution in [2.45, 2.75) is 0 Å². The highest BCUT2D eigenvalue weighted by atomic mass is 16.5. The van der Waals surface area contributed by atoms with Crippen LogP contribution in [0.3, 0.4) is 0 Å². The van der Waals surface area contributed by atoms with E-state index in [1.807, 2.05) is 30.3 Å². The van der Waals surface area contributed by atoms with E-state index in [4.69, 9.17) is 16.6 Å². The molecule has 0 saturated carbocycles. The Morgan fingerprint density at radius 1 is 1.15 bits per heavy atom. The number of H-pyrrole nitrogens is 1. The second-order valence-electron chi connectivity index (χ2n) is 5.86. The Kier molecular flexibility index (Phi) is 4.00. The van der Waals surface area contributed by atoms with Crippen molar-refractivity contribution < 1.29 is 4.74 Å². The Balaban J connectivity index is 1.83. The predicted octanol–water partition coefficient (Wildman–Crippen LogP) is 4.72. The number of nitrogens with zero attached hydrogens (tertiary/aromatic N) is 4. The first-order chi connectivity index (χ1) is 13.2. The second-order valence-corrected chi connectivity index (χ2v) is 5.86. The summed E-state index contributed by atoms with van der Waals surface area (Å²) in [4.78, 5) is 15.6. The van der Waals surface area contributed by atoms with Gasteiger partial charge in [-0.25, -0.2) is 9.83 Å². The molecule has 1 N–H and O–H groups in total. The number of benzene rings is 2. The van der Waals surface area contributed by atoms with E-state index in [-0.39, 0.29) is 0 Å². The zero-order valence-electron chi connectivity index (χ0n) is 14.4. The van der Waals surface area contributed by atoms with Crippen molar-refractivity contribution in [3.63, 3.8) is 0 Å². The molecule has 0 saturated heterocycles. The van der Waals surface area contributed by atoms with Crippen molar-refractivity contribution in [2.75, 3.05) is 7.11 Å². The van der Waals surface area contributed by atoms with Crippen LogP contribution in [0.4, 0.5) is 5.69 Å². The standard InChI is InChI=1S/C21H13N5O/c1-23-15-5-7-17(24-12-15)14-4-8-20(27-2)16(10-14)21-25-18-6-3-13(11-22)9-19(18)26-21/h3-10,12H,2H3,(H,25,26). The fraction of sp³-hybridized carbons (Fsp3) is 0.0476. The summed E-state index contributed by atoms with van der Waals surface area (Å²) in [5.41, 5.74) is 5.07. The molecule has 2 heterocycles. The summed E-state index contributed by atoms with van der Waals surface area (Å²) in [6, 6.07) is 16.7. The summed E-state index contributed by atoms with van der Waals surface area (Å²) in [6.07, 6.45) is 1.55. The van der Waals surface area contributed by atoms with E-state index in [1.165, 1.54) is 0 Å². The number of nitrogens with one attached hydrogen (secondary N) is 1. The van der Waals surface area contributed by atoms with Crippen molar-refractivity contribution in [3.8, 4) is 34.5 Å². The molecule has 0 amide bonds. The first-order valence-corrected chi connectivity index (χ1v) is 8.14. The maximum absolute atomic E-state index is 9.07. The largest absolute Gasteiger partial charge is 0.496 e. The molecule has 0 aliphatic heterocycles. The van der Waals surface area contributed by atoms with Gasteiger partial charge in [-0.1, -0.05) is 6.07 Å². The van der Waals surface area contributed by atoms with Gasteiger partial charge in [-0.15, -0.1) is 0 Å². The van der Waals surface area contributed by atoms with Gasteiger partial charge in [0.05, 0.1) is 47.6 Å². The number of hydrogen-bond donors (Lipinski definition) is 1. The number of fused-ring (bicyclic) bond motifs is 1. The molecule has 2 aromatic heterocycles. The lowest BCUT2D eigenvalue weighted by Crippen LogP contribution is -1.91. The van der Waals surface area contributed by atoms with E-state index in [2.05, 4.69) is 25.9 Å². The van der Waals surface area contributed by atoms with E-state index in [1.54, 1.807) is 31.5 Å². The predicted molar refractivity (Wildman–Crippen MR) is 102 cm³/mol. The average Bonchev–Trinajstić information content (AvgIpc) is 3.16. The first kappa shape index (κ1) is 16.3. The minimum atomic E-state index is 0.498. The molecule has 0 radical (unpaired) electrons. The lowest BCUT2D eigenvalue weighted by Gasteiger charge is -2.09. The van der Waals surface area contributed by atoms with E-state index in [9.17, 15) is 0 Å². The van der Waals surface area contributed by atoms with Gasteiger partial charge in [0, 0.05) is 11.8 Å². The fourth-order valence-electron chi connectivity index (χ4n) is 2.88. The molecule has 0 bridgehead atoms. The van der Waals surface area contributed by atoms with Gasteiger partial charge >= 0.3 is 0 Å². The maximum atomic E-state index is 9.07. The van der Waals surface area contributed by atoms with Gasteiger partial charge in [-0.05, 0) is 42.5 Å². The third-order valence-corrected chi connectivity index (χ3v) is 4.24. The van der Waals surface area contributed by atoms with Crippen molar-refractivity contribution >= 4 is 16.7 Å². The van der Waals surface area contributed by atoms with Gasteiger partial charge in [0.2, 0.25) is 5.69 Å². The maximum Gasteiger partial charge on any atom is 0.205 e. The van der Waals surface area contributed by atoms with Crippen LogP contribution < -0.4 is 4.74 Å². The van der Waals surface area contributed by atoms with Crippen LogP contribution in [-0.2, 0) is 0 Å². The van der Waals surface area contributed by atoms with Crippen LogP contribution in [0, 0.1) is 17.9 Å². The molecule has 0 spiro atoms. The van der Waals surface area contributed by atoms with Crippen LogP contribution in [-0.4, -0.2) is 22.1 Å². The third kappa shape index (κ3) is 2.97. The van der Waals surface area contributed by atoms with E-state index in [0.29, 0.717) is 22.8 Å². The number of ether oxygens (including phenoxy) is 1. The molecule has 0 fully saturated rings. The minimum absolute atomic E-state index is 0.498. The van der Waals surface area contributed by atoms with Crippen LogP contribution in [0.2, 0.25) is 0 Å². The Morgan fingerprint density at radius 2 is 2.04 bits per heavy atom. The number of hydrogen-bond acceptors (Lipinski definition) is 4. The molecule has 2 aromatic carbocycles. The van der Waals surface area contributed by atoms with Crippen LogP contribution in [0.1, 0.15) is 5.56 Å². The molecule has 0 atom stereocenters. The number of methoxy groups -OCH3 is 1. The van der Waals surface area contributed by atoms with E-state index < -0.39 is 0 Å². The SMILES string of the molecule is [C-]#[N+]c1ccc(-c2ccc(OC)c(-c3nc4ccc(C#N)cc4[nH]3)c2)nc1. The summed E-state index contributed by atoms with van der Waals surface area (Å²) in [7, 11) is 1.61. The average molecular weight is 351 g/mol. The smallest absolute Gasteiger partial charge is 0.205 e. The Morgan fingerprint density at radius 3 is 2.74 bits per heavy atom. The fourth-order valence-corrected chi connectivity index (χ4v) is 2.88. The van der Waals surface area contributed by atoms with Crippen molar-refractivity contribution in [3.05, 3.63) is 71.7 Å². The van der Waals surface area contributed by atoms with Gasteiger partial charge in [0.15, 0.2) is 0 Å². The first-order valence-electron chi connectivity index (χ1n) is 8.14. The number of imidazole rings is 1. The van der Waals surface area contributed by atoms with Crippen molar-refractivity contribution in [2.24, 2.45) is 0 Å². The highest BCUT2D eigenvalue weighted by Crippen LogP contribution is 2.33. The molecule has 4 rings (SSSR count). The van der Waals surface area contributed by atoms with E-state index >= 15 is 0 Å². The quantitative estimate of drug-likeness (QED) is 0.542. The third-order valence-electron chi connectivity index (χ3n) is 4.24. The molecule has 6 heteroatoms. The van der Waals surface area contributed by atoms with Crippen molar-refractivity contribution in [1.29, 1.82) is 5.26 Å². The lowest BCUT2D eigenvalue weighted by molar-refractivity contribution is 0.416. The van der Waals surface area contributed by atoms with Gasteiger partial charge in [-0.2, -0.15) is 5.26 Å². The molecule has 0 aliphatic carbocycles. The van der Waals surface area contributed by atoms with E-state index in [0.717, 1.165) is 27.9 Å². The number of nitriles is 1. The molecule has 4 aromatic rings. The number of pyridine rings is 1. The second kappa shape index (κ2) is 6.62. The molecule has 128 valence electrons. The highest BCUT2D eigenvalue weighted by Gasteiger charge is 2.13. The number of aromatic nitrogens is 3. The summed E-state index contributed by atoms with van der Waals surface area (Å²) in [5.74, 6) is 1.33. The normalized spacial score (nSPS) is 10.3. The van der Waals surface area contributed by atoms with Gasteiger partial charge in [-0.3, -0.25) is 4.98 Å². The van der Waals surface area contributed by atoms with Crippen LogP contribution >= 0.6 is 0 Å². The number of aromatic amines is 1. The number of rotatable bonds is 3. The van der Waals surface area contributed by atoms with Gasteiger partial charge in [0.1, 0.15) is 11.6 Å². The molecule has 27 heavy (non-hydrogen) atoms. The monoisotopic (exact) mass is 351 g/mol. The van der Waals surface area contributed by atoms with Gasteiger partial charge < -0.3 is 9.72 Å².